The number of hydrogen-bond acceptors (Lipinski definition) is 4. The Kier molecular flexibility index (Phi) is 4.98. The van der Waals surface area contributed by atoms with E-state index in [2.05, 4.69) is 5.32 Å². The number of fused-ring (bicyclic) bond motifs is 1. The summed E-state index contributed by atoms with van der Waals surface area (Å²) in [6, 6.07) is 13.7. The smallest absolute Gasteiger partial charge is 0.325 e. The fourth-order valence-corrected chi connectivity index (χ4v) is 2.72. The van der Waals surface area contributed by atoms with Gasteiger partial charge in [-0.05, 0) is 29.3 Å². The van der Waals surface area contributed by atoms with Gasteiger partial charge in [0, 0.05) is 11.8 Å². The van der Waals surface area contributed by atoms with Crippen molar-refractivity contribution in [2.75, 3.05) is 7.11 Å². The van der Waals surface area contributed by atoms with Gasteiger partial charge >= 0.3 is 6.03 Å². The maximum atomic E-state index is 12.6. The Labute approximate surface area is 150 Å². The molecule has 0 saturated carbocycles. The van der Waals surface area contributed by atoms with E-state index in [1.807, 2.05) is 29.6 Å². The van der Waals surface area contributed by atoms with Gasteiger partial charge in [0.05, 0.1) is 19.4 Å². The monoisotopic (exact) mass is 351 g/mol. The first-order valence-corrected chi connectivity index (χ1v) is 7.88. The Morgan fingerprint density at radius 3 is 2.65 bits per heavy atom. The fraction of sp³-hybridized carbons (Fsp3) is 0.105. The van der Waals surface area contributed by atoms with Gasteiger partial charge < -0.3 is 15.0 Å². The summed E-state index contributed by atoms with van der Waals surface area (Å²) in [5.74, 6) is 0.503. The summed E-state index contributed by atoms with van der Waals surface area (Å²) in [4.78, 5) is 36.4. The van der Waals surface area contributed by atoms with Crippen molar-refractivity contribution >= 4 is 24.0 Å². The Bertz CT molecular complexity index is 878. The molecule has 26 heavy (non-hydrogen) atoms. The summed E-state index contributed by atoms with van der Waals surface area (Å²) >= 11 is 0. The Balaban J connectivity index is 1.91. The molecule has 1 aliphatic heterocycles. The van der Waals surface area contributed by atoms with Crippen LogP contribution in [0, 0.1) is 0 Å². The summed E-state index contributed by atoms with van der Waals surface area (Å²) in [5.41, 5.74) is 2.54. The number of nitrogens with zero attached hydrogens (tertiary/aromatic N) is 1. The molecule has 2 aromatic carbocycles. The molecule has 132 valence electrons. The molecular weight excluding hydrogens is 334 g/mol. The SMILES string of the molecule is COc1ccc2c(c1)CN(/C=C(\NC(=O)NC=O)c1ccccc1)C2=O. The van der Waals surface area contributed by atoms with Crippen molar-refractivity contribution in [1.29, 1.82) is 0 Å². The van der Waals surface area contributed by atoms with Crippen LogP contribution in [0.1, 0.15) is 21.5 Å². The quantitative estimate of drug-likeness (QED) is 0.808. The molecule has 1 heterocycles. The van der Waals surface area contributed by atoms with Crippen LogP contribution in [-0.4, -0.2) is 30.4 Å². The highest BCUT2D eigenvalue weighted by Crippen LogP contribution is 2.28. The molecule has 4 amide bonds. The van der Waals surface area contributed by atoms with E-state index in [4.69, 9.17) is 4.74 Å². The standard InChI is InChI=1S/C19H17N3O4/c1-26-15-7-8-16-14(9-15)10-22(18(16)24)11-17(21-19(25)20-12-23)13-5-3-2-4-6-13/h2-9,11-12H,10H2,1H3,(H2,20,21,23,25)/b17-11-. The van der Waals surface area contributed by atoms with E-state index in [0.29, 0.717) is 35.5 Å². The highest BCUT2D eigenvalue weighted by molar-refractivity contribution is 6.00. The number of ether oxygens (including phenoxy) is 1. The van der Waals surface area contributed by atoms with Gasteiger partial charge in [-0.2, -0.15) is 0 Å². The van der Waals surface area contributed by atoms with Crippen LogP contribution in [0.2, 0.25) is 0 Å². The molecule has 0 saturated heterocycles. The van der Waals surface area contributed by atoms with Gasteiger partial charge in [-0.25, -0.2) is 4.79 Å². The lowest BCUT2D eigenvalue weighted by Gasteiger charge is -2.15. The first-order valence-electron chi connectivity index (χ1n) is 7.88. The minimum Gasteiger partial charge on any atom is -0.497 e. The van der Waals surface area contributed by atoms with E-state index in [9.17, 15) is 14.4 Å². The van der Waals surface area contributed by atoms with Gasteiger partial charge in [-0.1, -0.05) is 30.3 Å². The highest BCUT2D eigenvalue weighted by atomic mass is 16.5. The van der Waals surface area contributed by atoms with Crippen molar-refractivity contribution in [2.45, 2.75) is 6.54 Å². The number of carbonyl (C=O) groups is 3. The number of methoxy groups -OCH3 is 1. The molecule has 7 nitrogen and oxygen atoms in total. The molecule has 0 bridgehead atoms. The Morgan fingerprint density at radius 1 is 1.19 bits per heavy atom. The average Bonchev–Trinajstić information content (AvgIpc) is 2.97. The molecule has 0 aliphatic carbocycles. The largest absolute Gasteiger partial charge is 0.497 e. The van der Waals surface area contributed by atoms with Crippen LogP contribution in [0.5, 0.6) is 5.75 Å². The van der Waals surface area contributed by atoms with Crippen LogP contribution in [-0.2, 0) is 11.3 Å². The van der Waals surface area contributed by atoms with Crippen molar-refractivity contribution in [2.24, 2.45) is 0 Å². The zero-order valence-electron chi connectivity index (χ0n) is 14.1. The van der Waals surface area contributed by atoms with Crippen molar-refractivity contribution in [3.63, 3.8) is 0 Å². The van der Waals surface area contributed by atoms with Crippen LogP contribution >= 0.6 is 0 Å². The number of amides is 4. The van der Waals surface area contributed by atoms with E-state index < -0.39 is 6.03 Å². The van der Waals surface area contributed by atoms with E-state index in [0.717, 1.165) is 5.56 Å². The summed E-state index contributed by atoms with van der Waals surface area (Å²) in [6.07, 6.45) is 1.86. The molecular formula is C19H17N3O4. The van der Waals surface area contributed by atoms with Crippen LogP contribution in [0.15, 0.2) is 54.7 Å². The van der Waals surface area contributed by atoms with Crippen LogP contribution in [0.4, 0.5) is 4.79 Å². The average molecular weight is 351 g/mol. The number of nitrogens with one attached hydrogen (secondary N) is 2. The Hall–Kier alpha value is -3.61. The predicted octanol–water partition coefficient (Wildman–Crippen LogP) is 2.11. The minimum atomic E-state index is -0.680. The number of benzene rings is 2. The third-order valence-corrected chi connectivity index (χ3v) is 3.95. The maximum absolute atomic E-state index is 12.6. The third kappa shape index (κ3) is 3.56. The maximum Gasteiger partial charge on any atom is 0.325 e. The summed E-state index contributed by atoms with van der Waals surface area (Å²) in [6.45, 7) is 0.360. The predicted molar refractivity (Wildman–Crippen MR) is 95.0 cm³/mol. The summed E-state index contributed by atoms with van der Waals surface area (Å²) < 4.78 is 5.20. The molecule has 0 radical (unpaired) electrons. The molecule has 3 rings (SSSR count). The molecule has 0 spiro atoms. The molecule has 7 heteroatoms. The van der Waals surface area contributed by atoms with E-state index in [-0.39, 0.29) is 5.91 Å². The van der Waals surface area contributed by atoms with Gasteiger partial charge in [-0.3, -0.25) is 14.9 Å². The second-order valence-electron chi connectivity index (χ2n) is 5.58. The van der Waals surface area contributed by atoms with Crippen LogP contribution in [0.25, 0.3) is 5.70 Å². The number of rotatable bonds is 5. The Morgan fingerprint density at radius 2 is 1.96 bits per heavy atom. The number of hydrogen-bond donors (Lipinski definition) is 2. The molecule has 1 aliphatic rings. The molecule has 0 unspecified atom stereocenters. The topological polar surface area (TPSA) is 87.7 Å². The van der Waals surface area contributed by atoms with Gasteiger partial charge in [-0.15, -0.1) is 0 Å². The fourth-order valence-electron chi connectivity index (χ4n) is 2.72. The molecule has 0 atom stereocenters. The minimum absolute atomic E-state index is 0.173. The number of imide groups is 1. The zero-order chi connectivity index (χ0) is 18.5. The first kappa shape index (κ1) is 17.2. The summed E-state index contributed by atoms with van der Waals surface area (Å²) in [5, 5.41) is 4.61. The third-order valence-electron chi connectivity index (χ3n) is 3.95. The number of carbonyl (C=O) groups excluding carboxylic acids is 3. The normalized spacial score (nSPS) is 13.2. The lowest BCUT2D eigenvalue weighted by atomic mass is 10.1. The molecule has 2 aromatic rings. The van der Waals surface area contributed by atoms with E-state index in [1.165, 1.54) is 4.90 Å². The summed E-state index contributed by atoms with van der Waals surface area (Å²) in [7, 11) is 1.57. The molecule has 0 aromatic heterocycles. The molecule has 0 fully saturated rings. The van der Waals surface area contributed by atoms with Crippen molar-refractivity contribution in [3.05, 3.63) is 71.4 Å². The van der Waals surface area contributed by atoms with E-state index >= 15 is 0 Å². The zero-order valence-corrected chi connectivity index (χ0v) is 14.1. The van der Waals surface area contributed by atoms with Crippen molar-refractivity contribution in [3.8, 4) is 5.75 Å². The van der Waals surface area contributed by atoms with Crippen LogP contribution in [0.3, 0.4) is 0 Å². The first-order chi connectivity index (χ1) is 12.6. The van der Waals surface area contributed by atoms with Crippen molar-refractivity contribution in [1.82, 2.24) is 15.5 Å². The second-order valence-corrected chi connectivity index (χ2v) is 5.58. The van der Waals surface area contributed by atoms with Gasteiger partial charge in [0.1, 0.15) is 5.75 Å². The lowest BCUT2D eigenvalue weighted by molar-refractivity contribution is -0.108. The second kappa shape index (κ2) is 7.52. The van der Waals surface area contributed by atoms with Gasteiger partial charge in [0.15, 0.2) is 0 Å². The highest BCUT2D eigenvalue weighted by Gasteiger charge is 2.27. The molecule has 2 N–H and O–H groups in total. The number of urea groups is 1. The van der Waals surface area contributed by atoms with Gasteiger partial charge in [0.2, 0.25) is 6.41 Å². The van der Waals surface area contributed by atoms with Gasteiger partial charge in [0.25, 0.3) is 5.91 Å². The lowest BCUT2D eigenvalue weighted by Crippen LogP contribution is -2.34. The van der Waals surface area contributed by atoms with E-state index in [1.54, 1.807) is 37.6 Å². The van der Waals surface area contributed by atoms with Crippen molar-refractivity contribution < 1.29 is 19.1 Å². The van der Waals surface area contributed by atoms with Crippen LogP contribution < -0.4 is 15.4 Å².